The molecule has 0 saturated carbocycles. The van der Waals surface area contributed by atoms with E-state index >= 15 is 0 Å². The summed E-state index contributed by atoms with van der Waals surface area (Å²) in [5.74, 6) is 0. The minimum Gasteiger partial charge on any atom is -0.308 e. The van der Waals surface area contributed by atoms with Gasteiger partial charge in [-0.3, -0.25) is 0 Å². The van der Waals surface area contributed by atoms with Gasteiger partial charge in [0.2, 0.25) is 0 Å². The van der Waals surface area contributed by atoms with Crippen LogP contribution >= 0.6 is 22.7 Å². The maximum atomic E-state index is 2.50. The zero-order valence-electron chi connectivity index (χ0n) is 29.8. The lowest BCUT2D eigenvalue weighted by molar-refractivity contribution is 1.32. The van der Waals surface area contributed by atoms with E-state index < -0.39 is 0 Å². The van der Waals surface area contributed by atoms with Crippen LogP contribution in [0.3, 0.4) is 0 Å². The van der Waals surface area contributed by atoms with Gasteiger partial charge in [-0.25, -0.2) is 0 Å². The van der Waals surface area contributed by atoms with E-state index in [9.17, 15) is 0 Å². The second-order valence-electron chi connectivity index (χ2n) is 14.0. The smallest absolute Gasteiger partial charge is 0.0640 e. The molecule has 0 spiro atoms. The topological polar surface area (TPSA) is 3.24 Å². The molecule has 0 aliphatic heterocycles. The molecule has 0 unspecified atom stereocenters. The Bertz CT molecular complexity index is 3190. The summed E-state index contributed by atoms with van der Waals surface area (Å²) in [6.07, 6.45) is 0. The summed E-state index contributed by atoms with van der Waals surface area (Å²) in [7, 11) is 0. The van der Waals surface area contributed by atoms with E-state index in [1.54, 1.807) is 0 Å². The van der Waals surface area contributed by atoms with Crippen molar-refractivity contribution in [3.05, 3.63) is 200 Å². The molecule has 1 nitrogen and oxygen atoms in total. The number of rotatable bonds is 6. The predicted octanol–water partition coefficient (Wildman–Crippen LogP) is 16.0. The Morgan fingerprint density at radius 2 is 0.800 bits per heavy atom. The molecular weight excluding hydrogens is 703 g/mol. The molecule has 0 radical (unpaired) electrons. The van der Waals surface area contributed by atoms with E-state index in [4.69, 9.17) is 0 Å². The second-order valence-corrected chi connectivity index (χ2v) is 16.1. The third-order valence-electron chi connectivity index (χ3n) is 10.9. The number of hydrogen-bond acceptors (Lipinski definition) is 3. The lowest BCUT2D eigenvalue weighted by Crippen LogP contribution is -2.10. The van der Waals surface area contributed by atoms with Gasteiger partial charge in [0.15, 0.2) is 0 Å². The van der Waals surface area contributed by atoms with Crippen LogP contribution in [0.15, 0.2) is 200 Å². The van der Waals surface area contributed by atoms with Crippen molar-refractivity contribution >= 4 is 90.9 Å². The molecule has 55 heavy (non-hydrogen) atoms. The SMILES string of the molecule is c1ccc(-c2ccc(-c3ccc(N(c4cccc5c4sc4c(-c6ccccc6)cccc45)c4cccc5sc6ccccc6c45)cc3)c3ccccc23)cc1. The molecule has 0 fully saturated rings. The van der Waals surface area contributed by atoms with E-state index in [1.165, 1.54) is 95.9 Å². The van der Waals surface area contributed by atoms with Gasteiger partial charge in [-0.05, 0) is 80.6 Å². The van der Waals surface area contributed by atoms with E-state index in [-0.39, 0.29) is 0 Å². The molecular formula is C52H33NS2. The third kappa shape index (κ3) is 5.27. The van der Waals surface area contributed by atoms with Crippen LogP contribution in [0.4, 0.5) is 17.1 Å². The maximum absolute atomic E-state index is 2.50. The summed E-state index contributed by atoms with van der Waals surface area (Å²) in [5.41, 5.74) is 10.9. The van der Waals surface area contributed by atoms with Crippen molar-refractivity contribution in [2.75, 3.05) is 4.90 Å². The van der Waals surface area contributed by atoms with Gasteiger partial charge in [-0.15, -0.1) is 22.7 Å². The van der Waals surface area contributed by atoms with Crippen molar-refractivity contribution in [3.8, 4) is 33.4 Å². The average Bonchev–Trinajstić information content (AvgIpc) is 3.84. The zero-order valence-corrected chi connectivity index (χ0v) is 31.4. The molecule has 2 heterocycles. The highest BCUT2D eigenvalue weighted by molar-refractivity contribution is 7.27. The van der Waals surface area contributed by atoms with Crippen molar-refractivity contribution in [2.45, 2.75) is 0 Å². The Labute approximate surface area is 327 Å². The number of nitrogens with zero attached hydrogens (tertiary/aromatic N) is 1. The summed E-state index contributed by atoms with van der Waals surface area (Å²) >= 11 is 3.77. The van der Waals surface area contributed by atoms with Gasteiger partial charge in [0, 0.05) is 41.3 Å². The van der Waals surface area contributed by atoms with E-state index in [1.807, 2.05) is 22.7 Å². The minimum atomic E-state index is 1.13. The Kier molecular flexibility index (Phi) is 7.61. The zero-order chi connectivity index (χ0) is 36.3. The fourth-order valence-electron chi connectivity index (χ4n) is 8.39. The highest BCUT2D eigenvalue weighted by Crippen LogP contribution is 2.50. The van der Waals surface area contributed by atoms with E-state index in [0.29, 0.717) is 0 Å². The Morgan fingerprint density at radius 3 is 1.51 bits per heavy atom. The molecule has 0 atom stereocenters. The second kappa shape index (κ2) is 13.1. The largest absolute Gasteiger partial charge is 0.308 e. The lowest BCUT2D eigenvalue weighted by atomic mass is 9.92. The summed E-state index contributed by atoms with van der Waals surface area (Å²) in [5, 5.41) is 7.68. The first-order chi connectivity index (χ1) is 27.3. The van der Waals surface area contributed by atoms with Crippen molar-refractivity contribution < 1.29 is 0 Å². The first-order valence-corrected chi connectivity index (χ1v) is 20.3. The van der Waals surface area contributed by atoms with Crippen LogP contribution < -0.4 is 4.90 Å². The quantitative estimate of drug-likeness (QED) is 0.164. The van der Waals surface area contributed by atoms with Gasteiger partial charge in [-0.1, -0.05) is 164 Å². The molecule has 3 heteroatoms. The summed E-state index contributed by atoms with van der Waals surface area (Å²) in [6.45, 7) is 0. The molecule has 2 aromatic heterocycles. The highest BCUT2D eigenvalue weighted by Gasteiger charge is 2.22. The summed E-state index contributed by atoms with van der Waals surface area (Å²) in [6, 6.07) is 73.2. The normalized spacial score (nSPS) is 11.6. The van der Waals surface area contributed by atoms with E-state index in [0.717, 1.165) is 5.69 Å². The number of anilines is 3. The number of thiophene rings is 2. The molecule has 11 rings (SSSR count). The average molecular weight is 736 g/mol. The lowest BCUT2D eigenvalue weighted by Gasteiger charge is -2.27. The Hall–Kier alpha value is -6.52. The van der Waals surface area contributed by atoms with Gasteiger partial charge >= 0.3 is 0 Å². The van der Waals surface area contributed by atoms with Gasteiger partial charge < -0.3 is 4.90 Å². The Morgan fingerprint density at radius 1 is 0.291 bits per heavy atom. The molecule has 11 aromatic rings. The van der Waals surface area contributed by atoms with Gasteiger partial charge in [0.05, 0.1) is 16.1 Å². The molecule has 0 aliphatic rings. The van der Waals surface area contributed by atoms with E-state index in [2.05, 4.69) is 205 Å². The fraction of sp³-hybridized carbons (Fsp3) is 0. The van der Waals surface area contributed by atoms with Crippen LogP contribution in [0.5, 0.6) is 0 Å². The van der Waals surface area contributed by atoms with Crippen LogP contribution in [-0.4, -0.2) is 0 Å². The van der Waals surface area contributed by atoms with Crippen molar-refractivity contribution in [1.82, 2.24) is 0 Å². The van der Waals surface area contributed by atoms with Gasteiger partial charge in [0.25, 0.3) is 0 Å². The van der Waals surface area contributed by atoms with Crippen molar-refractivity contribution in [3.63, 3.8) is 0 Å². The van der Waals surface area contributed by atoms with Crippen LogP contribution in [-0.2, 0) is 0 Å². The van der Waals surface area contributed by atoms with Crippen LogP contribution in [0.1, 0.15) is 0 Å². The first kappa shape index (κ1) is 32.0. The summed E-state index contributed by atoms with van der Waals surface area (Å²) in [4.78, 5) is 2.50. The summed E-state index contributed by atoms with van der Waals surface area (Å²) < 4.78 is 5.19. The highest BCUT2D eigenvalue weighted by atomic mass is 32.1. The molecule has 258 valence electrons. The fourth-order valence-corrected chi connectivity index (χ4v) is 10.9. The predicted molar refractivity (Wildman–Crippen MR) is 241 cm³/mol. The van der Waals surface area contributed by atoms with Crippen molar-refractivity contribution in [1.29, 1.82) is 0 Å². The molecule has 0 N–H and O–H groups in total. The van der Waals surface area contributed by atoms with Crippen LogP contribution in [0.2, 0.25) is 0 Å². The van der Waals surface area contributed by atoms with Gasteiger partial charge in [0.1, 0.15) is 0 Å². The minimum absolute atomic E-state index is 1.13. The number of fused-ring (bicyclic) bond motifs is 7. The molecule has 0 saturated heterocycles. The number of hydrogen-bond donors (Lipinski definition) is 0. The molecule has 0 amide bonds. The van der Waals surface area contributed by atoms with Gasteiger partial charge in [-0.2, -0.15) is 0 Å². The first-order valence-electron chi connectivity index (χ1n) is 18.7. The van der Waals surface area contributed by atoms with Crippen LogP contribution in [0.25, 0.3) is 84.5 Å². The molecule has 0 bridgehead atoms. The van der Waals surface area contributed by atoms with Crippen molar-refractivity contribution in [2.24, 2.45) is 0 Å². The molecule has 0 aliphatic carbocycles. The molecule has 9 aromatic carbocycles. The number of benzene rings is 9. The standard InChI is InChI=1S/C52H33NS2/c1-3-14-34(15-4-1)38-32-33-39(42-19-8-7-18-41(38)42)36-28-30-37(31-29-36)53(46-24-13-27-49-50(46)45-20-9-10-26-48(45)54-49)47-25-12-23-44-43-22-11-21-40(51(43)55-52(44)47)35-16-5-2-6-17-35/h1-33H. The monoisotopic (exact) mass is 735 g/mol. The maximum Gasteiger partial charge on any atom is 0.0640 e. The Balaban J connectivity index is 1.12. The van der Waals surface area contributed by atoms with Crippen LogP contribution in [0, 0.1) is 0 Å². The third-order valence-corrected chi connectivity index (χ3v) is 13.3.